The molecule has 2 heterocycles. The van der Waals surface area contributed by atoms with Crippen LogP contribution in [0, 0.1) is 0 Å². The molecule has 1 aromatic heterocycles. The van der Waals surface area contributed by atoms with Gasteiger partial charge in [0.15, 0.2) is 5.13 Å². The number of carbonyl (C=O) groups is 1. The minimum Gasteiger partial charge on any atom is -0.385 e. The minimum atomic E-state index is 0.0616. The summed E-state index contributed by atoms with van der Waals surface area (Å²) in [5, 5.41) is 0.483. The zero-order valence-corrected chi connectivity index (χ0v) is 10.0. The van der Waals surface area contributed by atoms with Crippen molar-refractivity contribution in [2.75, 3.05) is 32.5 Å². The molecule has 0 saturated carbocycles. The number of fused-ring (bicyclic) bond motifs is 1. The van der Waals surface area contributed by atoms with E-state index in [1.807, 2.05) is 4.90 Å². The number of hydrogen-bond acceptors (Lipinski definition) is 5. The van der Waals surface area contributed by atoms with Crippen LogP contribution in [0.2, 0.25) is 0 Å². The van der Waals surface area contributed by atoms with Crippen LogP contribution in [0.3, 0.4) is 0 Å². The van der Waals surface area contributed by atoms with E-state index in [4.69, 9.17) is 10.5 Å². The van der Waals surface area contributed by atoms with Gasteiger partial charge >= 0.3 is 0 Å². The quantitative estimate of drug-likeness (QED) is 0.790. The fraction of sp³-hybridized carbons (Fsp3) is 0.600. The van der Waals surface area contributed by atoms with Gasteiger partial charge in [0.05, 0.1) is 5.69 Å². The topological polar surface area (TPSA) is 68.4 Å². The molecule has 0 unspecified atom stereocenters. The van der Waals surface area contributed by atoms with Gasteiger partial charge in [-0.2, -0.15) is 0 Å². The highest BCUT2D eigenvalue weighted by Gasteiger charge is 2.27. The first-order valence-corrected chi connectivity index (χ1v) is 6.07. The summed E-state index contributed by atoms with van der Waals surface area (Å²) in [7, 11) is 1.67. The van der Waals surface area contributed by atoms with E-state index in [9.17, 15) is 4.79 Å². The van der Waals surface area contributed by atoms with E-state index in [2.05, 4.69) is 4.98 Å². The molecular formula is C10H15N3O2S. The molecule has 1 aliphatic rings. The van der Waals surface area contributed by atoms with Gasteiger partial charge in [0.1, 0.15) is 4.88 Å². The first-order chi connectivity index (χ1) is 7.72. The SMILES string of the molecule is COCCCN1CCc2nc(N)sc2C1=O. The van der Waals surface area contributed by atoms with Crippen LogP contribution in [0.5, 0.6) is 0 Å². The highest BCUT2D eigenvalue weighted by molar-refractivity contribution is 7.17. The number of ether oxygens (including phenoxy) is 1. The largest absolute Gasteiger partial charge is 0.385 e. The molecule has 1 aromatic rings. The van der Waals surface area contributed by atoms with E-state index in [1.54, 1.807) is 7.11 Å². The van der Waals surface area contributed by atoms with Crippen LogP contribution in [-0.2, 0) is 11.2 Å². The summed E-state index contributed by atoms with van der Waals surface area (Å²) in [6.07, 6.45) is 1.67. The molecule has 1 amide bonds. The van der Waals surface area contributed by atoms with Gasteiger partial charge in [-0.1, -0.05) is 11.3 Å². The summed E-state index contributed by atoms with van der Waals surface area (Å²) < 4.78 is 4.97. The summed E-state index contributed by atoms with van der Waals surface area (Å²) in [4.78, 5) is 18.7. The third kappa shape index (κ3) is 2.17. The predicted octanol–water partition coefficient (Wildman–Crippen LogP) is 0.760. The van der Waals surface area contributed by atoms with Gasteiger partial charge in [-0.05, 0) is 6.42 Å². The number of thiazole rings is 1. The molecule has 5 nitrogen and oxygen atoms in total. The van der Waals surface area contributed by atoms with Crippen LogP contribution in [0.1, 0.15) is 21.8 Å². The minimum absolute atomic E-state index is 0.0616. The second kappa shape index (κ2) is 4.80. The maximum Gasteiger partial charge on any atom is 0.265 e. The Morgan fingerprint density at radius 2 is 2.44 bits per heavy atom. The van der Waals surface area contributed by atoms with Crippen molar-refractivity contribution in [2.45, 2.75) is 12.8 Å². The molecule has 0 aromatic carbocycles. The monoisotopic (exact) mass is 241 g/mol. The van der Waals surface area contributed by atoms with Crippen LogP contribution < -0.4 is 5.73 Å². The normalized spacial score (nSPS) is 15.3. The molecule has 2 rings (SSSR count). The van der Waals surface area contributed by atoms with E-state index in [0.29, 0.717) is 16.6 Å². The number of amides is 1. The molecular weight excluding hydrogens is 226 g/mol. The highest BCUT2D eigenvalue weighted by atomic mass is 32.1. The predicted molar refractivity (Wildman–Crippen MR) is 62.6 cm³/mol. The number of methoxy groups -OCH3 is 1. The van der Waals surface area contributed by atoms with Gasteiger partial charge in [0.2, 0.25) is 0 Å². The van der Waals surface area contributed by atoms with Crippen molar-refractivity contribution in [3.8, 4) is 0 Å². The fourth-order valence-electron chi connectivity index (χ4n) is 1.81. The molecule has 1 aliphatic heterocycles. The Hall–Kier alpha value is -1.14. The second-order valence-electron chi connectivity index (χ2n) is 3.72. The van der Waals surface area contributed by atoms with Crippen molar-refractivity contribution < 1.29 is 9.53 Å². The number of carbonyl (C=O) groups excluding carboxylic acids is 1. The maximum absolute atomic E-state index is 12.0. The van der Waals surface area contributed by atoms with Crippen molar-refractivity contribution in [1.29, 1.82) is 0 Å². The molecule has 0 radical (unpaired) electrons. The summed E-state index contributed by atoms with van der Waals surface area (Å²) in [5.74, 6) is 0.0616. The Kier molecular flexibility index (Phi) is 3.40. The van der Waals surface area contributed by atoms with Gasteiger partial charge in [0, 0.05) is 33.2 Å². The molecule has 6 heteroatoms. The molecule has 0 atom stereocenters. The van der Waals surface area contributed by atoms with Crippen molar-refractivity contribution in [3.63, 3.8) is 0 Å². The lowest BCUT2D eigenvalue weighted by Gasteiger charge is -2.25. The van der Waals surface area contributed by atoms with E-state index < -0.39 is 0 Å². The van der Waals surface area contributed by atoms with Gasteiger partial charge in [-0.3, -0.25) is 4.79 Å². The van der Waals surface area contributed by atoms with Crippen LogP contribution in [0.4, 0.5) is 5.13 Å². The molecule has 0 fully saturated rings. The maximum atomic E-state index is 12.0. The molecule has 0 spiro atoms. The number of nitrogen functional groups attached to an aromatic ring is 1. The van der Waals surface area contributed by atoms with Crippen molar-refractivity contribution in [3.05, 3.63) is 10.6 Å². The van der Waals surface area contributed by atoms with Crippen molar-refractivity contribution in [1.82, 2.24) is 9.88 Å². The average Bonchev–Trinajstić information content (AvgIpc) is 2.64. The zero-order chi connectivity index (χ0) is 11.5. The van der Waals surface area contributed by atoms with E-state index >= 15 is 0 Å². The van der Waals surface area contributed by atoms with E-state index in [1.165, 1.54) is 11.3 Å². The van der Waals surface area contributed by atoms with E-state index in [-0.39, 0.29) is 5.91 Å². The van der Waals surface area contributed by atoms with Gasteiger partial charge in [0.25, 0.3) is 5.91 Å². The Balaban J connectivity index is 2.03. The smallest absolute Gasteiger partial charge is 0.265 e. The van der Waals surface area contributed by atoms with E-state index in [0.717, 1.165) is 31.6 Å². The Labute approximate surface area is 98.2 Å². The lowest BCUT2D eigenvalue weighted by Crippen LogP contribution is -2.37. The Morgan fingerprint density at radius 3 is 3.19 bits per heavy atom. The number of nitrogens with two attached hydrogens (primary N) is 1. The number of anilines is 1. The summed E-state index contributed by atoms with van der Waals surface area (Å²) in [6.45, 7) is 2.16. The fourth-order valence-corrected chi connectivity index (χ4v) is 2.65. The number of aromatic nitrogens is 1. The third-order valence-electron chi connectivity index (χ3n) is 2.59. The summed E-state index contributed by atoms with van der Waals surface area (Å²) in [5.41, 5.74) is 6.46. The second-order valence-corrected chi connectivity index (χ2v) is 4.75. The van der Waals surface area contributed by atoms with Crippen LogP contribution in [0.15, 0.2) is 0 Å². The highest BCUT2D eigenvalue weighted by Crippen LogP contribution is 2.26. The number of rotatable bonds is 4. The van der Waals surface area contributed by atoms with Crippen LogP contribution >= 0.6 is 11.3 Å². The van der Waals surface area contributed by atoms with Crippen molar-refractivity contribution >= 4 is 22.4 Å². The third-order valence-corrected chi connectivity index (χ3v) is 3.51. The van der Waals surface area contributed by atoms with Gasteiger partial charge in [-0.15, -0.1) is 0 Å². The molecule has 16 heavy (non-hydrogen) atoms. The standard InChI is InChI=1S/C10H15N3O2S/c1-15-6-2-4-13-5-3-7-8(9(13)14)16-10(11)12-7/h2-6H2,1H3,(H2,11,12). The first-order valence-electron chi connectivity index (χ1n) is 5.25. The zero-order valence-electron chi connectivity index (χ0n) is 9.23. The van der Waals surface area contributed by atoms with Gasteiger partial charge < -0.3 is 15.4 Å². The molecule has 0 aliphatic carbocycles. The lowest BCUT2D eigenvalue weighted by atomic mass is 10.1. The number of nitrogens with zero attached hydrogens (tertiary/aromatic N) is 2. The Morgan fingerprint density at radius 1 is 1.62 bits per heavy atom. The number of hydrogen-bond donors (Lipinski definition) is 1. The summed E-state index contributed by atoms with van der Waals surface area (Å²) in [6, 6.07) is 0. The molecule has 2 N–H and O–H groups in total. The van der Waals surface area contributed by atoms with Crippen LogP contribution in [-0.4, -0.2) is 42.6 Å². The average molecular weight is 241 g/mol. The van der Waals surface area contributed by atoms with Gasteiger partial charge in [-0.25, -0.2) is 4.98 Å². The molecule has 88 valence electrons. The van der Waals surface area contributed by atoms with Crippen LogP contribution in [0.25, 0.3) is 0 Å². The first kappa shape index (κ1) is 11.3. The molecule has 0 saturated heterocycles. The van der Waals surface area contributed by atoms with Crippen molar-refractivity contribution in [2.24, 2.45) is 0 Å². The summed E-state index contributed by atoms with van der Waals surface area (Å²) >= 11 is 1.29. The lowest BCUT2D eigenvalue weighted by molar-refractivity contribution is 0.0725. The Bertz CT molecular complexity index is 391. The molecule has 0 bridgehead atoms.